The standard InChI is InChI=1S/C25H23FN4O2/c1-32-17-6-4-5-15(11-17)20-13-27-14-22(20)29-24-18-7-2-3-8-21(18)28-25(30-24)19-12-16(26)9-10-23(19)31/h2-12,20,22,27,31H,13-14H2,1H3,(H,28,29,30)/t20-,22?/m0/s1. The van der Waals surface area contributed by atoms with Gasteiger partial charge in [-0.15, -0.1) is 0 Å². The molecule has 162 valence electrons. The Balaban J connectivity index is 1.55. The first-order chi connectivity index (χ1) is 15.6. The molecule has 3 N–H and O–H groups in total. The number of rotatable bonds is 5. The molecule has 0 saturated carbocycles. The number of phenols is 1. The van der Waals surface area contributed by atoms with Gasteiger partial charge in [0.05, 0.1) is 18.2 Å². The highest BCUT2D eigenvalue weighted by molar-refractivity contribution is 5.91. The number of phenolic OH excluding ortho intramolecular Hbond substituents is 1. The smallest absolute Gasteiger partial charge is 0.165 e. The number of hydrogen-bond donors (Lipinski definition) is 3. The Kier molecular flexibility index (Phi) is 5.33. The largest absolute Gasteiger partial charge is 0.507 e. The van der Waals surface area contributed by atoms with Crippen LogP contribution in [0.1, 0.15) is 11.5 Å². The summed E-state index contributed by atoms with van der Waals surface area (Å²) < 4.78 is 19.3. The first kappa shape index (κ1) is 20.2. The van der Waals surface area contributed by atoms with Crippen molar-refractivity contribution >= 4 is 16.7 Å². The van der Waals surface area contributed by atoms with Gasteiger partial charge < -0.3 is 20.5 Å². The topological polar surface area (TPSA) is 79.3 Å². The van der Waals surface area contributed by atoms with Gasteiger partial charge in [-0.25, -0.2) is 14.4 Å². The van der Waals surface area contributed by atoms with Crippen LogP contribution in [-0.2, 0) is 0 Å². The highest BCUT2D eigenvalue weighted by atomic mass is 19.1. The van der Waals surface area contributed by atoms with Gasteiger partial charge in [-0.05, 0) is 48.0 Å². The number of ether oxygens (including phenoxy) is 1. The third-order valence-electron chi connectivity index (χ3n) is 5.86. The number of aromatic nitrogens is 2. The van der Waals surface area contributed by atoms with Crippen LogP contribution in [-0.4, -0.2) is 41.3 Å². The van der Waals surface area contributed by atoms with E-state index in [9.17, 15) is 9.50 Å². The lowest BCUT2D eigenvalue weighted by Gasteiger charge is -2.22. The number of hydrogen-bond acceptors (Lipinski definition) is 6. The summed E-state index contributed by atoms with van der Waals surface area (Å²) in [6, 6.07) is 19.6. The summed E-state index contributed by atoms with van der Waals surface area (Å²) in [5, 5.41) is 18.2. The quantitative estimate of drug-likeness (QED) is 0.438. The number of nitrogens with one attached hydrogen (secondary N) is 2. The van der Waals surface area contributed by atoms with E-state index < -0.39 is 5.82 Å². The van der Waals surface area contributed by atoms with Crippen molar-refractivity contribution in [1.29, 1.82) is 0 Å². The summed E-state index contributed by atoms with van der Waals surface area (Å²) >= 11 is 0. The second-order valence-electron chi connectivity index (χ2n) is 7.87. The predicted molar refractivity (Wildman–Crippen MR) is 123 cm³/mol. The Bertz CT molecular complexity index is 1280. The van der Waals surface area contributed by atoms with E-state index in [4.69, 9.17) is 9.72 Å². The second-order valence-corrected chi connectivity index (χ2v) is 7.87. The van der Waals surface area contributed by atoms with E-state index in [0.29, 0.717) is 11.3 Å². The Morgan fingerprint density at radius 2 is 1.91 bits per heavy atom. The summed E-state index contributed by atoms with van der Waals surface area (Å²) in [5.41, 5.74) is 2.15. The summed E-state index contributed by atoms with van der Waals surface area (Å²) in [4.78, 5) is 9.27. The molecule has 1 aromatic heterocycles. The minimum atomic E-state index is -0.456. The summed E-state index contributed by atoms with van der Waals surface area (Å²) in [7, 11) is 1.66. The molecule has 0 radical (unpaired) electrons. The molecule has 0 spiro atoms. The highest BCUT2D eigenvalue weighted by Crippen LogP contribution is 2.33. The molecule has 4 aromatic rings. The Labute approximate surface area is 185 Å². The van der Waals surface area contributed by atoms with Gasteiger partial charge in [-0.1, -0.05) is 24.3 Å². The minimum absolute atomic E-state index is 0.0654. The van der Waals surface area contributed by atoms with Crippen LogP contribution in [0.3, 0.4) is 0 Å². The first-order valence-corrected chi connectivity index (χ1v) is 10.5. The average molecular weight is 430 g/mol. The monoisotopic (exact) mass is 430 g/mol. The van der Waals surface area contributed by atoms with E-state index in [0.717, 1.165) is 24.2 Å². The number of nitrogens with zero attached hydrogens (tertiary/aromatic N) is 2. The molecule has 0 amide bonds. The zero-order valence-corrected chi connectivity index (χ0v) is 17.5. The lowest BCUT2D eigenvalue weighted by Crippen LogP contribution is -2.28. The maximum absolute atomic E-state index is 13.9. The Morgan fingerprint density at radius 1 is 1.03 bits per heavy atom. The van der Waals surface area contributed by atoms with Gasteiger partial charge in [0, 0.05) is 30.4 Å². The van der Waals surface area contributed by atoms with Crippen LogP contribution in [0.15, 0.2) is 66.7 Å². The molecule has 1 aliphatic rings. The fourth-order valence-electron chi connectivity index (χ4n) is 4.22. The SMILES string of the molecule is COc1cccc([C@@H]2CNCC2Nc2nc(-c3cc(F)ccc3O)nc3ccccc23)c1. The molecule has 7 heteroatoms. The molecule has 0 aliphatic carbocycles. The van der Waals surface area contributed by atoms with Crippen LogP contribution in [0.25, 0.3) is 22.3 Å². The van der Waals surface area contributed by atoms with E-state index >= 15 is 0 Å². The predicted octanol–water partition coefficient (Wildman–Crippen LogP) is 4.32. The summed E-state index contributed by atoms with van der Waals surface area (Å²) in [5.74, 6) is 1.43. The van der Waals surface area contributed by atoms with Gasteiger partial charge in [0.15, 0.2) is 5.82 Å². The number of methoxy groups -OCH3 is 1. The molecule has 1 saturated heterocycles. The number of benzene rings is 3. The maximum Gasteiger partial charge on any atom is 0.165 e. The third kappa shape index (κ3) is 3.83. The van der Waals surface area contributed by atoms with Gasteiger partial charge in [-0.2, -0.15) is 0 Å². The molecule has 3 aromatic carbocycles. The lowest BCUT2D eigenvalue weighted by molar-refractivity contribution is 0.414. The number of anilines is 1. The van der Waals surface area contributed by atoms with Crippen molar-refractivity contribution in [2.75, 3.05) is 25.5 Å². The number of aromatic hydroxyl groups is 1. The van der Waals surface area contributed by atoms with Gasteiger partial charge in [0.25, 0.3) is 0 Å². The Hall–Kier alpha value is -3.71. The average Bonchev–Trinajstić information content (AvgIpc) is 3.29. The Morgan fingerprint density at radius 3 is 2.78 bits per heavy atom. The van der Waals surface area contributed by atoms with Crippen molar-refractivity contribution in [1.82, 2.24) is 15.3 Å². The fraction of sp³-hybridized carbons (Fsp3) is 0.200. The molecule has 1 unspecified atom stereocenters. The molecular formula is C25H23FN4O2. The van der Waals surface area contributed by atoms with Crippen molar-refractivity contribution < 1.29 is 14.2 Å². The molecule has 6 nitrogen and oxygen atoms in total. The van der Waals surface area contributed by atoms with Gasteiger partial charge in [0.1, 0.15) is 23.1 Å². The number of fused-ring (bicyclic) bond motifs is 1. The van der Waals surface area contributed by atoms with Crippen LogP contribution >= 0.6 is 0 Å². The minimum Gasteiger partial charge on any atom is -0.507 e. The van der Waals surface area contributed by atoms with Crippen molar-refractivity contribution in [2.45, 2.75) is 12.0 Å². The molecular weight excluding hydrogens is 407 g/mol. The number of para-hydroxylation sites is 1. The molecule has 32 heavy (non-hydrogen) atoms. The maximum atomic E-state index is 13.9. The normalized spacial score (nSPS) is 18.1. The molecule has 2 atom stereocenters. The van der Waals surface area contributed by atoms with Gasteiger partial charge in [0.2, 0.25) is 0 Å². The lowest BCUT2D eigenvalue weighted by atomic mass is 9.94. The molecule has 5 rings (SSSR count). The zero-order chi connectivity index (χ0) is 22.1. The van der Waals surface area contributed by atoms with Crippen molar-refractivity contribution in [3.8, 4) is 22.9 Å². The first-order valence-electron chi connectivity index (χ1n) is 10.5. The van der Waals surface area contributed by atoms with Crippen LogP contribution in [0, 0.1) is 5.82 Å². The van der Waals surface area contributed by atoms with E-state index in [1.165, 1.54) is 23.8 Å². The van der Waals surface area contributed by atoms with Crippen LogP contribution in [0.4, 0.5) is 10.2 Å². The van der Waals surface area contributed by atoms with Crippen molar-refractivity contribution in [3.05, 3.63) is 78.1 Å². The van der Waals surface area contributed by atoms with Gasteiger partial charge >= 0.3 is 0 Å². The highest BCUT2D eigenvalue weighted by Gasteiger charge is 2.29. The van der Waals surface area contributed by atoms with Crippen LogP contribution < -0.4 is 15.4 Å². The van der Waals surface area contributed by atoms with Crippen LogP contribution in [0.2, 0.25) is 0 Å². The second kappa shape index (κ2) is 8.43. The fourth-order valence-corrected chi connectivity index (χ4v) is 4.22. The van der Waals surface area contributed by atoms with Crippen molar-refractivity contribution in [3.63, 3.8) is 0 Å². The summed E-state index contributed by atoms with van der Waals surface area (Å²) in [6.07, 6.45) is 0. The van der Waals surface area contributed by atoms with E-state index in [1.807, 2.05) is 36.4 Å². The molecule has 0 bridgehead atoms. The molecule has 1 aliphatic heterocycles. The van der Waals surface area contributed by atoms with E-state index in [1.54, 1.807) is 7.11 Å². The van der Waals surface area contributed by atoms with Gasteiger partial charge in [-0.3, -0.25) is 0 Å². The zero-order valence-electron chi connectivity index (χ0n) is 17.5. The van der Waals surface area contributed by atoms with Crippen molar-refractivity contribution in [2.24, 2.45) is 0 Å². The van der Waals surface area contributed by atoms with E-state index in [2.05, 4.69) is 27.8 Å². The van der Waals surface area contributed by atoms with E-state index in [-0.39, 0.29) is 29.1 Å². The molecule has 2 heterocycles. The van der Waals surface area contributed by atoms with Crippen LogP contribution in [0.5, 0.6) is 11.5 Å². The summed E-state index contributed by atoms with van der Waals surface area (Å²) in [6.45, 7) is 1.59. The molecule has 1 fully saturated rings. The third-order valence-corrected chi connectivity index (χ3v) is 5.86. The number of halogens is 1.